The van der Waals surface area contributed by atoms with Crippen LogP contribution in [0.3, 0.4) is 0 Å². The van der Waals surface area contributed by atoms with Gasteiger partial charge in [0.25, 0.3) is 5.91 Å². The van der Waals surface area contributed by atoms with Crippen LogP contribution < -0.4 is 4.57 Å². The van der Waals surface area contributed by atoms with Crippen LogP contribution in [0, 0.1) is 0 Å². The number of hydrogen-bond acceptors (Lipinski definition) is 5. The Hall–Kier alpha value is -2.26. The zero-order chi connectivity index (χ0) is 20.2. The van der Waals surface area contributed by atoms with Crippen LogP contribution in [0.2, 0.25) is 0 Å². The van der Waals surface area contributed by atoms with E-state index in [1.165, 1.54) is 16.8 Å². The van der Waals surface area contributed by atoms with Crippen LogP contribution in [-0.2, 0) is 21.5 Å². The molecule has 3 aliphatic heterocycles. The first-order valence-corrected chi connectivity index (χ1v) is 9.79. The summed E-state index contributed by atoms with van der Waals surface area (Å²) in [6, 6.07) is -0.921. The van der Waals surface area contributed by atoms with Crippen LogP contribution in [0.25, 0.3) is 0 Å². The topological polar surface area (TPSA) is 74.3 Å². The predicted octanol–water partition coefficient (Wildman–Crippen LogP) is 0.514. The molecule has 0 N–H and O–H groups in total. The summed E-state index contributed by atoms with van der Waals surface area (Å²) in [5.41, 5.74) is 1.04. The average molecular weight is 389 g/mol. The van der Waals surface area contributed by atoms with Gasteiger partial charge in [0.05, 0.1) is 19.8 Å². The minimum absolute atomic E-state index is 0.0939. The molecule has 4 rings (SSSR count). The molecule has 0 spiro atoms. The third-order valence-electron chi connectivity index (χ3n) is 5.76. The number of carbonyl (C=O) groups excluding carboxylic acids is 2. The number of aliphatic imine (C=N–C) groups is 1. The first-order valence-electron chi connectivity index (χ1n) is 9.79. The van der Waals surface area contributed by atoms with Crippen molar-refractivity contribution in [1.29, 1.82) is 0 Å². The van der Waals surface area contributed by atoms with Gasteiger partial charge in [-0.15, -0.1) is 0 Å². The van der Waals surface area contributed by atoms with Gasteiger partial charge in [-0.1, -0.05) is 25.8 Å². The maximum Gasteiger partial charge on any atom is 0.402 e. The highest BCUT2D eigenvalue weighted by Gasteiger charge is 2.52. The Bertz CT molecular complexity index is 847. The molecule has 1 unspecified atom stereocenters. The largest absolute Gasteiger partial charge is 0.402 e. The molecule has 4 heterocycles. The van der Waals surface area contributed by atoms with Gasteiger partial charge in [-0.3, -0.25) is 19.5 Å². The van der Waals surface area contributed by atoms with Crippen molar-refractivity contribution in [2.24, 2.45) is 4.99 Å². The molecular weight excluding hydrogens is 360 g/mol. The number of nitrogens with zero attached hydrogens (tertiary/aromatic N) is 6. The Kier molecular flexibility index (Phi) is 4.54. The highest BCUT2D eigenvalue weighted by atomic mass is 16.5. The van der Waals surface area contributed by atoms with Crippen molar-refractivity contribution < 1.29 is 18.9 Å². The molecule has 0 saturated carbocycles. The Morgan fingerprint density at radius 3 is 2.46 bits per heavy atom. The van der Waals surface area contributed by atoms with E-state index in [1.807, 2.05) is 10.8 Å². The Balaban J connectivity index is 1.72. The second kappa shape index (κ2) is 6.66. The van der Waals surface area contributed by atoms with Gasteiger partial charge in [-0.2, -0.15) is 0 Å². The summed E-state index contributed by atoms with van der Waals surface area (Å²) in [6.07, 6.45) is 2.03. The molecule has 0 aliphatic carbocycles. The van der Waals surface area contributed by atoms with E-state index in [-0.39, 0.29) is 17.4 Å². The van der Waals surface area contributed by atoms with Crippen LogP contribution in [-0.4, -0.2) is 84.0 Å². The Morgan fingerprint density at radius 2 is 1.82 bits per heavy atom. The van der Waals surface area contributed by atoms with E-state index in [1.54, 1.807) is 7.05 Å². The quantitative estimate of drug-likeness (QED) is 0.707. The molecule has 9 nitrogen and oxygen atoms in total. The van der Waals surface area contributed by atoms with Crippen molar-refractivity contribution in [2.75, 3.05) is 46.9 Å². The average Bonchev–Trinajstić information content (AvgIpc) is 3.20. The van der Waals surface area contributed by atoms with Crippen molar-refractivity contribution in [2.45, 2.75) is 38.8 Å². The lowest BCUT2D eigenvalue weighted by atomic mass is 9.92. The molecule has 152 valence electrons. The van der Waals surface area contributed by atoms with Crippen LogP contribution in [0.5, 0.6) is 0 Å². The van der Waals surface area contributed by atoms with Gasteiger partial charge < -0.3 is 4.74 Å². The molecule has 0 bridgehead atoms. The lowest BCUT2D eigenvalue weighted by molar-refractivity contribution is -0.677. The fourth-order valence-corrected chi connectivity index (χ4v) is 4.08. The van der Waals surface area contributed by atoms with E-state index in [0.29, 0.717) is 5.84 Å². The van der Waals surface area contributed by atoms with E-state index in [4.69, 9.17) is 9.73 Å². The van der Waals surface area contributed by atoms with E-state index in [0.717, 1.165) is 51.0 Å². The molecular formula is C19H29N6O3+. The number of imide groups is 1. The minimum Gasteiger partial charge on any atom is -0.379 e. The standard InChI is InChI=1S/C19H29N6O3/c1-19(2,3)13-12-25-14-15(21(4)18(27)22(5)16(14)26)20-17(25)24(13)7-6-23-8-10-28-11-9-23/h12,14H,6-11H2,1-5H3/q+1. The van der Waals surface area contributed by atoms with Crippen LogP contribution in [0.4, 0.5) is 10.7 Å². The van der Waals surface area contributed by atoms with Crippen molar-refractivity contribution in [3.05, 3.63) is 11.9 Å². The number of ether oxygens (including phenoxy) is 1. The number of amidine groups is 1. The van der Waals surface area contributed by atoms with Crippen molar-refractivity contribution in [3.63, 3.8) is 0 Å². The fraction of sp³-hybridized carbons (Fsp3) is 0.684. The molecule has 3 amide bonds. The van der Waals surface area contributed by atoms with Gasteiger partial charge in [-0.25, -0.2) is 13.9 Å². The van der Waals surface area contributed by atoms with Gasteiger partial charge in [0.1, 0.15) is 11.9 Å². The highest BCUT2D eigenvalue weighted by Crippen LogP contribution is 2.32. The van der Waals surface area contributed by atoms with Gasteiger partial charge in [-0.05, 0) is 0 Å². The van der Waals surface area contributed by atoms with Crippen molar-refractivity contribution in [1.82, 2.24) is 19.3 Å². The molecule has 9 heteroatoms. The molecule has 2 fully saturated rings. The zero-order valence-electron chi connectivity index (χ0n) is 17.3. The first kappa shape index (κ1) is 19.1. The number of likely N-dealkylation sites (N-methyl/N-ethyl adjacent to an activating group) is 2. The molecule has 3 aliphatic rings. The SMILES string of the molecule is CN1C(=O)C2C(=Nc3n(CCN4CCOCC4)c(C(C)(C)C)c[n+]32)N(C)C1=O. The molecule has 28 heavy (non-hydrogen) atoms. The number of carbonyl (C=O) groups is 2. The maximum absolute atomic E-state index is 12.8. The van der Waals surface area contributed by atoms with E-state index < -0.39 is 6.04 Å². The van der Waals surface area contributed by atoms with Gasteiger partial charge >= 0.3 is 12.0 Å². The summed E-state index contributed by atoms with van der Waals surface area (Å²) in [7, 11) is 3.20. The Labute approximate surface area is 165 Å². The Morgan fingerprint density at radius 1 is 1.14 bits per heavy atom. The normalized spacial score (nSPS) is 23.2. The molecule has 0 radical (unpaired) electrons. The lowest BCUT2D eigenvalue weighted by Gasteiger charge is -2.30. The molecule has 2 saturated heterocycles. The summed E-state index contributed by atoms with van der Waals surface area (Å²) in [5, 5.41) is 0. The molecule has 1 aromatic rings. The van der Waals surface area contributed by atoms with Crippen molar-refractivity contribution >= 4 is 23.7 Å². The second-order valence-corrected chi connectivity index (χ2v) is 8.69. The number of fused-ring (bicyclic) bond motifs is 3. The van der Waals surface area contributed by atoms with Crippen molar-refractivity contribution in [3.8, 4) is 0 Å². The van der Waals surface area contributed by atoms with Gasteiger partial charge in [0, 0.05) is 39.1 Å². The van der Waals surface area contributed by atoms with Crippen LogP contribution in [0.15, 0.2) is 11.2 Å². The third kappa shape index (κ3) is 2.93. The number of hydrogen-bond donors (Lipinski definition) is 0. The predicted molar refractivity (Wildman–Crippen MR) is 103 cm³/mol. The molecule has 0 aromatic carbocycles. The number of imidazole rings is 1. The monoisotopic (exact) mass is 389 g/mol. The molecule has 1 aromatic heterocycles. The lowest BCUT2D eigenvalue weighted by Crippen LogP contribution is -2.61. The first-order chi connectivity index (χ1) is 13.2. The summed E-state index contributed by atoms with van der Waals surface area (Å²) < 4.78 is 9.57. The number of urea groups is 1. The number of aromatic nitrogens is 2. The summed E-state index contributed by atoms with van der Waals surface area (Å²) in [4.78, 5) is 34.9. The van der Waals surface area contributed by atoms with E-state index >= 15 is 0 Å². The van der Waals surface area contributed by atoms with E-state index in [2.05, 4.69) is 30.2 Å². The second-order valence-electron chi connectivity index (χ2n) is 8.69. The number of rotatable bonds is 3. The summed E-state index contributed by atoms with van der Waals surface area (Å²) >= 11 is 0. The van der Waals surface area contributed by atoms with Gasteiger partial charge in [0.2, 0.25) is 11.9 Å². The maximum atomic E-state index is 12.8. The minimum atomic E-state index is -0.576. The zero-order valence-corrected chi connectivity index (χ0v) is 17.3. The molecule has 1 atom stereocenters. The summed E-state index contributed by atoms with van der Waals surface area (Å²) in [5.74, 6) is 1.00. The summed E-state index contributed by atoms with van der Waals surface area (Å²) in [6.45, 7) is 11.6. The third-order valence-corrected chi connectivity index (χ3v) is 5.76. The fourth-order valence-electron chi connectivity index (χ4n) is 4.08. The highest BCUT2D eigenvalue weighted by molar-refractivity contribution is 6.18. The number of amides is 3. The van der Waals surface area contributed by atoms with Crippen LogP contribution in [0.1, 0.15) is 32.5 Å². The van der Waals surface area contributed by atoms with Crippen LogP contribution >= 0.6 is 0 Å². The smallest absolute Gasteiger partial charge is 0.379 e. The number of morpholine rings is 1. The van der Waals surface area contributed by atoms with Gasteiger partial charge in [0.15, 0.2) is 0 Å². The van der Waals surface area contributed by atoms with E-state index in [9.17, 15) is 9.59 Å².